The summed E-state index contributed by atoms with van der Waals surface area (Å²) in [5, 5.41) is 6.17. The molecule has 2 N–H and O–H groups in total. The van der Waals surface area contributed by atoms with E-state index in [0.717, 1.165) is 25.9 Å². The molecule has 1 saturated heterocycles. The first kappa shape index (κ1) is 10.7. The van der Waals surface area contributed by atoms with Crippen molar-refractivity contribution in [2.24, 2.45) is 0 Å². The Morgan fingerprint density at radius 3 is 3.07 bits per heavy atom. The van der Waals surface area contributed by atoms with Gasteiger partial charge in [-0.2, -0.15) is 0 Å². The summed E-state index contributed by atoms with van der Waals surface area (Å²) in [6.45, 7) is 1.88. The van der Waals surface area contributed by atoms with Crippen molar-refractivity contribution < 1.29 is 9.21 Å². The van der Waals surface area contributed by atoms with Gasteiger partial charge in [0.05, 0.1) is 0 Å². The molecule has 1 aromatic heterocycles. The summed E-state index contributed by atoms with van der Waals surface area (Å²) < 4.78 is 5.75. The number of carbonyl (C=O) groups excluding carboxylic acids is 1. The Labute approximate surface area is 96.5 Å². The highest BCUT2D eigenvalue weighted by Crippen LogP contribution is 2.14. The van der Waals surface area contributed by atoms with Crippen molar-refractivity contribution in [3.05, 3.63) is 22.6 Å². The van der Waals surface area contributed by atoms with E-state index in [-0.39, 0.29) is 11.9 Å². The first-order valence-electron chi connectivity index (χ1n) is 5.02. The van der Waals surface area contributed by atoms with Crippen molar-refractivity contribution in [2.45, 2.75) is 18.9 Å². The van der Waals surface area contributed by atoms with Crippen molar-refractivity contribution in [3.63, 3.8) is 0 Å². The summed E-state index contributed by atoms with van der Waals surface area (Å²) in [4.78, 5) is 11.7. The number of carbonyl (C=O) groups is 1. The first-order valence-corrected chi connectivity index (χ1v) is 5.82. The second-order valence-electron chi connectivity index (χ2n) is 3.62. The summed E-state index contributed by atoms with van der Waals surface area (Å²) in [6, 6.07) is 3.60. The Morgan fingerprint density at radius 2 is 2.47 bits per heavy atom. The number of hydrogen-bond acceptors (Lipinski definition) is 3. The van der Waals surface area contributed by atoms with Gasteiger partial charge in [-0.25, -0.2) is 0 Å². The number of amides is 1. The minimum Gasteiger partial charge on any atom is -0.444 e. The van der Waals surface area contributed by atoms with Gasteiger partial charge in [0.15, 0.2) is 10.4 Å². The molecule has 2 heterocycles. The second-order valence-corrected chi connectivity index (χ2v) is 4.40. The number of furan rings is 1. The van der Waals surface area contributed by atoms with Crippen LogP contribution < -0.4 is 10.6 Å². The van der Waals surface area contributed by atoms with Gasteiger partial charge in [-0.1, -0.05) is 0 Å². The Balaban J connectivity index is 1.91. The van der Waals surface area contributed by atoms with E-state index >= 15 is 0 Å². The predicted octanol–water partition coefficient (Wildman–Crippen LogP) is 1.52. The van der Waals surface area contributed by atoms with Gasteiger partial charge in [-0.3, -0.25) is 4.79 Å². The van der Waals surface area contributed by atoms with Crippen LogP contribution in [0.5, 0.6) is 0 Å². The highest BCUT2D eigenvalue weighted by atomic mass is 79.9. The van der Waals surface area contributed by atoms with Gasteiger partial charge in [-0.15, -0.1) is 0 Å². The molecular weight excluding hydrogens is 260 g/mol. The third-order valence-electron chi connectivity index (χ3n) is 2.43. The van der Waals surface area contributed by atoms with E-state index in [4.69, 9.17) is 4.42 Å². The minimum absolute atomic E-state index is 0.144. The topological polar surface area (TPSA) is 54.3 Å². The highest BCUT2D eigenvalue weighted by molar-refractivity contribution is 9.10. The molecule has 0 bridgehead atoms. The van der Waals surface area contributed by atoms with Crippen LogP contribution in [-0.2, 0) is 0 Å². The Bertz CT molecular complexity index is 345. The second kappa shape index (κ2) is 4.81. The fourth-order valence-corrected chi connectivity index (χ4v) is 1.97. The van der Waals surface area contributed by atoms with Gasteiger partial charge in [-0.05, 0) is 47.4 Å². The molecule has 0 saturated carbocycles. The summed E-state index contributed by atoms with van der Waals surface area (Å²) in [6.07, 6.45) is 2.13. The zero-order valence-corrected chi connectivity index (χ0v) is 9.84. The summed E-state index contributed by atoms with van der Waals surface area (Å²) in [5.74, 6) is 0.210. The van der Waals surface area contributed by atoms with E-state index in [0.29, 0.717) is 10.4 Å². The molecule has 5 heteroatoms. The lowest BCUT2D eigenvalue weighted by molar-refractivity contribution is 0.0901. The van der Waals surface area contributed by atoms with Gasteiger partial charge in [0.1, 0.15) is 0 Å². The van der Waals surface area contributed by atoms with Crippen molar-refractivity contribution in [1.82, 2.24) is 10.6 Å². The van der Waals surface area contributed by atoms with Crippen molar-refractivity contribution in [3.8, 4) is 0 Å². The number of piperidine rings is 1. The summed E-state index contributed by atoms with van der Waals surface area (Å²) in [5.41, 5.74) is 0. The van der Waals surface area contributed by atoms with E-state index in [1.54, 1.807) is 12.1 Å². The SMILES string of the molecule is O=C(NC1CCCNC1)c1ccc(Br)o1. The average molecular weight is 273 g/mol. The standard InChI is InChI=1S/C10H13BrN2O2/c11-9-4-3-8(15-9)10(14)13-7-2-1-5-12-6-7/h3-4,7,12H,1-2,5-6H2,(H,13,14). The van der Waals surface area contributed by atoms with Crippen LogP contribution >= 0.6 is 15.9 Å². The van der Waals surface area contributed by atoms with Crippen LogP contribution in [-0.4, -0.2) is 25.0 Å². The molecule has 1 unspecified atom stereocenters. The average Bonchev–Trinajstić information content (AvgIpc) is 2.66. The zero-order valence-electron chi connectivity index (χ0n) is 8.25. The van der Waals surface area contributed by atoms with Crippen molar-refractivity contribution >= 4 is 21.8 Å². The fourth-order valence-electron chi connectivity index (χ4n) is 1.67. The predicted molar refractivity (Wildman–Crippen MR) is 59.8 cm³/mol. The lowest BCUT2D eigenvalue weighted by Gasteiger charge is -2.23. The van der Waals surface area contributed by atoms with Crippen LogP contribution in [0.25, 0.3) is 0 Å². The normalized spacial score (nSPS) is 21.3. The third kappa shape index (κ3) is 2.82. The van der Waals surface area contributed by atoms with E-state index < -0.39 is 0 Å². The number of hydrogen-bond donors (Lipinski definition) is 2. The Hall–Kier alpha value is -0.810. The fraction of sp³-hybridized carbons (Fsp3) is 0.500. The largest absolute Gasteiger partial charge is 0.444 e. The first-order chi connectivity index (χ1) is 7.25. The van der Waals surface area contributed by atoms with Crippen molar-refractivity contribution in [2.75, 3.05) is 13.1 Å². The molecule has 4 nitrogen and oxygen atoms in total. The lowest BCUT2D eigenvalue weighted by atomic mass is 10.1. The molecule has 0 aliphatic carbocycles. The molecular formula is C10H13BrN2O2. The molecule has 0 aromatic carbocycles. The highest BCUT2D eigenvalue weighted by Gasteiger charge is 2.17. The molecule has 1 aromatic rings. The molecule has 1 aliphatic rings. The molecule has 0 spiro atoms. The van der Waals surface area contributed by atoms with Gasteiger partial charge in [0.2, 0.25) is 0 Å². The van der Waals surface area contributed by atoms with Crippen LogP contribution in [0.3, 0.4) is 0 Å². The van der Waals surface area contributed by atoms with E-state index in [1.165, 1.54) is 0 Å². The maximum absolute atomic E-state index is 11.7. The van der Waals surface area contributed by atoms with Crippen LogP contribution in [0, 0.1) is 0 Å². The molecule has 82 valence electrons. The van der Waals surface area contributed by atoms with Gasteiger partial charge >= 0.3 is 0 Å². The lowest BCUT2D eigenvalue weighted by Crippen LogP contribution is -2.45. The smallest absolute Gasteiger partial charge is 0.287 e. The number of halogens is 1. The van der Waals surface area contributed by atoms with Crippen LogP contribution in [0.2, 0.25) is 0 Å². The molecule has 15 heavy (non-hydrogen) atoms. The minimum atomic E-state index is -0.144. The quantitative estimate of drug-likeness (QED) is 0.859. The van der Waals surface area contributed by atoms with Gasteiger partial charge in [0, 0.05) is 12.6 Å². The summed E-state index contributed by atoms with van der Waals surface area (Å²) >= 11 is 3.17. The molecule has 1 fully saturated rings. The third-order valence-corrected chi connectivity index (χ3v) is 2.86. The van der Waals surface area contributed by atoms with E-state index in [2.05, 4.69) is 26.6 Å². The molecule has 1 aliphatic heterocycles. The number of nitrogens with one attached hydrogen (secondary N) is 2. The van der Waals surface area contributed by atoms with Crippen LogP contribution in [0.15, 0.2) is 21.2 Å². The molecule has 2 rings (SSSR count). The monoisotopic (exact) mass is 272 g/mol. The molecule has 1 amide bonds. The van der Waals surface area contributed by atoms with E-state index in [9.17, 15) is 4.79 Å². The molecule has 1 atom stereocenters. The molecule has 0 radical (unpaired) electrons. The van der Waals surface area contributed by atoms with Crippen LogP contribution in [0.1, 0.15) is 23.4 Å². The summed E-state index contributed by atoms with van der Waals surface area (Å²) in [7, 11) is 0. The van der Waals surface area contributed by atoms with Gasteiger partial charge in [0.25, 0.3) is 5.91 Å². The maximum atomic E-state index is 11.7. The van der Waals surface area contributed by atoms with E-state index in [1.807, 2.05) is 0 Å². The zero-order chi connectivity index (χ0) is 10.7. The Morgan fingerprint density at radius 1 is 1.60 bits per heavy atom. The van der Waals surface area contributed by atoms with Gasteiger partial charge < -0.3 is 15.1 Å². The Kier molecular flexibility index (Phi) is 3.43. The van der Waals surface area contributed by atoms with Crippen LogP contribution in [0.4, 0.5) is 0 Å². The number of rotatable bonds is 2. The van der Waals surface area contributed by atoms with Crippen molar-refractivity contribution in [1.29, 1.82) is 0 Å². The maximum Gasteiger partial charge on any atom is 0.287 e.